The van der Waals surface area contributed by atoms with Crippen LogP contribution in [-0.4, -0.2) is 15.0 Å². The SMILES string of the molecule is NCc1ccc2c(c1)C=C(COc1ccccc1)S2(=O)=O. The molecule has 1 heterocycles. The summed E-state index contributed by atoms with van der Waals surface area (Å²) in [4.78, 5) is 0.599. The first kappa shape index (κ1) is 13.9. The molecule has 0 aliphatic carbocycles. The standard InChI is InChI=1S/C16H15NO3S/c17-10-12-6-7-16-13(8-12)9-15(21(16,18)19)11-20-14-4-2-1-3-5-14/h1-9H,10-11,17H2. The molecule has 0 bridgehead atoms. The number of fused-ring (bicyclic) bond motifs is 1. The first-order valence-corrected chi connectivity index (χ1v) is 8.06. The molecule has 2 aromatic carbocycles. The lowest BCUT2D eigenvalue weighted by atomic mass is 10.1. The molecule has 0 fully saturated rings. The molecule has 2 aromatic rings. The van der Waals surface area contributed by atoms with Gasteiger partial charge in [0, 0.05) is 6.54 Å². The van der Waals surface area contributed by atoms with Crippen LogP contribution in [-0.2, 0) is 16.4 Å². The summed E-state index contributed by atoms with van der Waals surface area (Å²) in [6.07, 6.45) is 1.66. The first-order chi connectivity index (χ1) is 10.1. The van der Waals surface area contributed by atoms with Gasteiger partial charge in [0.05, 0.1) is 9.80 Å². The van der Waals surface area contributed by atoms with Gasteiger partial charge in [0.15, 0.2) is 0 Å². The Balaban J connectivity index is 1.87. The second kappa shape index (κ2) is 5.35. The van der Waals surface area contributed by atoms with Crippen LogP contribution in [0.5, 0.6) is 5.75 Å². The van der Waals surface area contributed by atoms with Crippen molar-refractivity contribution in [3.8, 4) is 5.75 Å². The molecule has 0 amide bonds. The molecule has 108 valence electrons. The lowest BCUT2D eigenvalue weighted by Gasteiger charge is -2.07. The van der Waals surface area contributed by atoms with Gasteiger partial charge in [0.1, 0.15) is 12.4 Å². The minimum Gasteiger partial charge on any atom is -0.488 e. The Labute approximate surface area is 123 Å². The van der Waals surface area contributed by atoms with Crippen LogP contribution in [0.3, 0.4) is 0 Å². The van der Waals surface area contributed by atoms with Crippen molar-refractivity contribution in [2.75, 3.05) is 6.61 Å². The van der Waals surface area contributed by atoms with E-state index in [1.54, 1.807) is 30.3 Å². The fraction of sp³-hybridized carbons (Fsp3) is 0.125. The molecule has 0 saturated carbocycles. The van der Waals surface area contributed by atoms with E-state index in [-0.39, 0.29) is 11.5 Å². The van der Waals surface area contributed by atoms with Gasteiger partial charge in [-0.2, -0.15) is 0 Å². The quantitative estimate of drug-likeness (QED) is 0.941. The largest absolute Gasteiger partial charge is 0.488 e. The third-order valence-corrected chi connectivity index (χ3v) is 5.26. The molecule has 4 nitrogen and oxygen atoms in total. The van der Waals surface area contributed by atoms with Crippen LogP contribution < -0.4 is 10.5 Å². The van der Waals surface area contributed by atoms with Crippen molar-refractivity contribution in [1.82, 2.24) is 0 Å². The average Bonchev–Trinajstić information content (AvgIpc) is 2.76. The molecule has 21 heavy (non-hydrogen) atoms. The zero-order valence-corrected chi connectivity index (χ0v) is 12.1. The highest BCUT2D eigenvalue weighted by atomic mass is 32.2. The Morgan fingerprint density at radius 2 is 1.81 bits per heavy atom. The molecule has 3 rings (SSSR count). The second-order valence-corrected chi connectivity index (χ2v) is 6.76. The van der Waals surface area contributed by atoms with E-state index in [0.717, 1.165) is 5.56 Å². The molecule has 2 N–H and O–H groups in total. The van der Waals surface area contributed by atoms with Gasteiger partial charge in [0.25, 0.3) is 0 Å². The van der Waals surface area contributed by atoms with Gasteiger partial charge in [-0.25, -0.2) is 8.42 Å². The van der Waals surface area contributed by atoms with Gasteiger partial charge in [-0.3, -0.25) is 0 Å². The average molecular weight is 301 g/mol. The first-order valence-electron chi connectivity index (χ1n) is 6.58. The molecule has 1 aliphatic rings. The number of para-hydroxylation sites is 1. The lowest BCUT2D eigenvalue weighted by molar-refractivity contribution is 0.359. The number of rotatable bonds is 4. The zero-order chi connectivity index (χ0) is 14.9. The van der Waals surface area contributed by atoms with Crippen molar-refractivity contribution in [3.63, 3.8) is 0 Å². The predicted molar refractivity (Wildman–Crippen MR) is 81.4 cm³/mol. The van der Waals surface area contributed by atoms with Gasteiger partial charge < -0.3 is 10.5 Å². The van der Waals surface area contributed by atoms with Crippen molar-refractivity contribution >= 4 is 15.9 Å². The second-order valence-electron chi connectivity index (χ2n) is 4.79. The molecule has 0 atom stereocenters. The topological polar surface area (TPSA) is 69.4 Å². The van der Waals surface area contributed by atoms with Crippen molar-refractivity contribution in [1.29, 1.82) is 0 Å². The van der Waals surface area contributed by atoms with Gasteiger partial charge in [0.2, 0.25) is 9.84 Å². The summed E-state index contributed by atoms with van der Waals surface area (Å²) in [7, 11) is -3.45. The Kier molecular flexibility index (Phi) is 3.53. The normalized spacial score (nSPS) is 15.4. The van der Waals surface area contributed by atoms with Gasteiger partial charge in [-0.15, -0.1) is 0 Å². The van der Waals surface area contributed by atoms with Crippen LogP contribution in [0.4, 0.5) is 0 Å². The van der Waals surface area contributed by atoms with E-state index in [2.05, 4.69) is 0 Å². The summed E-state index contributed by atoms with van der Waals surface area (Å²) >= 11 is 0. The minimum absolute atomic E-state index is 0.0268. The fourth-order valence-corrected chi connectivity index (χ4v) is 3.72. The Bertz CT molecular complexity index is 796. The Morgan fingerprint density at radius 1 is 1.05 bits per heavy atom. The Morgan fingerprint density at radius 3 is 2.52 bits per heavy atom. The predicted octanol–water partition coefficient (Wildman–Crippen LogP) is 2.35. The lowest BCUT2D eigenvalue weighted by Crippen LogP contribution is -2.09. The third kappa shape index (κ3) is 2.57. The number of benzene rings is 2. The van der Waals surface area contributed by atoms with E-state index in [1.807, 2.05) is 24.3 Å². The number of nitrogens with two attached hydrogens (primary N) is 1. The Hall–Kier alpha value is -2.11. The summed E-state index contributed by atoms with van der Waals surface area (Å²) < 4.78 is 30.4. The van der Waals surface area contributed by atoms with E-state index >= 15 is 0 Å². The van der Waals surface area contributed by atoms with E-state index in [0.29, 0.717) is 22.8 Å². The van der Waals surface area contributed by atoms with Crippen LogP contribution in [0, 0.1) is 0 Å². The highest BCUT2D eigenvalue weighted by molar-refractivity contribution is 7.95. The van der Waals surface area contributed by atoms with E-state index in [4.69, 9.17) is 10.5 Å². The van der Waals surface area contributed by atoms with E-state index in [9.17, 15) is 8.42 Å². The smallest absolute Gasteiger partial charge is 0.206 e. The third-order valence-electron chi connectivity index (χ3n) is 3.39. The number of hydrogen-bond acceptors (Lipinski definition) is 4. The molecule has 0 unspecified atom stereocenters. The maximum Gasteiger partial charge on any atom is 0.206 e. The number of hydrogen-bond donors (Lipinski definition) is 1. The highest BCUT2D eigenvalue weighted by Crippen LogP contribution is 2.33. The van der Waals surface area contributed by atoms with Crippen molar-refractivity contribution in [3.05, 3.63) is 64.6 Å². The monoisotopic (exact) mass is 301 g/mol. The summed E-state index contributed by atoms with van der Waals surface area (Å²) in [5.74, 6) is 0.646. The van der Waals surface area contributed by atoms with E-state index < -0.39 is 9.84 Å². The van der Waals surface area contributed by atoms with Crippen LogP contribution in [0.2, 0.25) is 0 Å². The highest BCUT2D eigenvalue weighted by Gasteiger charge is 2.29. The fourth-order valence-electron chi connectivity index (χ4n) is 2.27. The van der Waals surface area contributed by atoms with Crippen LogP contribution in [0.25, 0.3) is 6.08 Å². The molecular weight excluding hydrogens is 286 g/mol. The maximum atomic E-state index is 12.4. The van der Waals surface area contributed by atoms with E-state index in [1.165, 1.54) is 0 Å². The van der Waals surface area contributed by atoms with Gasteiger partial charge in [-0.1, -0.05) is 24.3 Å². The summed E-state index contributed by atoms with van der Waals surface area (Å²) in [6.45, 7) is 0.413. The van der Waals surface area contributed by atoms with Crippen LogP contribution in [0.15, 0.2) is 58.3 Å². The molecule has 0 spiro atoms. The molecular formula is C16H15NO3S. The van der Waals surface area contributed by atoms with Gasteiger partial charge >= 0.3 is 0 Å². The molecule has 0 aromatic heterocycles. The number of sulfone groups is 1. The van der Waals surface area contributed by atoms with Crippen molar-refractivity contribution in [2.24, 2.45) is 5.73 Å². The van der Waals surface area contributed by atoms with Crippen molar-refractivity contribution in [2.45, 2.75) is 11.4 Å². The molecule has 1 aliphatic heterocycles. The number of ether oxygens (including phenoxy) is 1. The summed E-state index contributed by atoms with van der Waals surface area (Å²) in [6, 6.07) is 14.3. The van der Waals surface area contributed by atoms with Crippen LogP contribution >= 0.6 is 0 Å². The molecule has 0 radical (unpaired) electrons. The molecule has 5 heteroatoms. The van der Waals surface area contributed by atoms with Gasteiger partial charge in [-0.05, 0) is 41.5 Å². The minimum atomic E-state index is -3.45. The summed E-state index contributed by atoms with van der Waals surface area (Å²) in [5, 5.41) is 0. The molecule has 0 saturated heterocycles. The van der Waals surface area contributed by atoms with Crippen molar-refractivity contribution < 1.29 is 13.2 Å². The zero-order valence-electron chi connectivity index (χ0n) is 11.3. The maximum absolute atomic E-state index is 12.4. The summed E-state index contributed by atoms with van der Waals surface area (Å²) in [5.41, 5.74) is 7.18. The van der Waals surface area contributed by atoms with Crippen LogP contribution in [0.1, 0.15) is 11.1 Å².